The monoisotopic (exact) mass is 354 g/mol. The minimum absolute atomic E-state index is 0.102. The minimum atomic E-state index is -0.401. The van der Waals surface area contributed by atoms with E-state index in [0.29, 0.717) is 5.92 Å². The van der Waals surface area contributed by atoms with Gasteiger partial charge in [0.1, 0.15) is 0 Å². The minimum Gasteiger partial charge on any atom is -0.388 e. The van der Waals surface area contributed by atoms with Crippen molar-refractivity contribution in [3.05, 3.63) is 107 Å². The van der Waals surface area contributed by atoms with Gasteiger partial charge >= 0.3 is 0 Å². The molecule has 0 radical (unpaired) electrons. The van der Waals surface area contributed by atoms with Crippen LogP contribution in [0.4, 0.5) is 0 Å². The summed E-state index contributed by atoms with van der Waals surface area (Å²) in [5, 5.41) is 11.7. The van der Waals surface area contributed by atoms with Crippen molar-refractivity contribution in [2.24, 2.45) is 11.3 Å². The first kappa shape index (κ1) is 16.8. The van der Waals surface area contributed by atoms with Gasteiger partial charge in [-0.15, -0.1) is 0 Å². The van der Waals surface area contributed by atoms with Crippen LogP contribution in [0.1, 0.15) is 40.3 Å². The highest BCUT2D eigenvalue weighted by molar-refractivity contribution is 5.38. The molecule has 1 heteroatoms. The summed E-state index contributed by atoms with van der Waals surface area (Å²) in [6.07, 6.45) is 4.83. The Morgan fingerprint density at radius 2 is 1.33 bits per heavy atom. The number of rotatable bonds is 3. The molecule has 3 aromatic carbocycles. The van der Waals surface area contributed by atoms with Gasteiger partial charge in [-0.3, -0.25) is 0 Å². The molecule has 0 heterocycles. The highest BCUT2D eigenvalue weighted by Crippen LogP contribution is 2.54. The van der Waals surface area contributed by atoms with Crippen LogP contribution >= 0.6 is 0 Å². The summed E-state index contributed by atoms with van der Waals surface area (Å²) in [5.41, 5.74) is 6.66. The molecule has 0 spiro atoms. The second-order valence-electron chi connectivity index (χ2n) is 8.37. The van der Waals surface area contributed by atoms with Gasteiger partial charge in [0.25, 0.3) is 0 Å². The summed E-state index contributed by atoms with van der Waals surface area (Å²) < 4.78 is 0. The van der Waals surface area contributed by atoms with Crippen LogP contribution < -0.4 is 0 Å². The normalized spacial score (nSPS) is 24.4. The van der Waals surface area contributed by atoms with Gasteiger partial charge in [0, 0.05) is 5.41 Å². The zero-order chi connectivity index (χ0) is 18.3. The molecule has 0 saturated carbocycles. The third kappa shape index (κ3) is 2.82. The summed E-state index contributed by atoms with van der Waals surface area (Å²) >= 11 is 0. The Morgan fingerprint density at radius 3 is 2.04 bits per heavy atom. The summed E-state index contributed by atoms with van der Waals surface area (Å²) in [6.45, 7) is 0. The van der Waals surface area contributed by atoms with Gasteiger partial charge in [0.05, 0.1) is 6.10 Å². The molecule has 5 rings (SSSR count). The van der Waals surface area contributed by atoms with E-state index in [1.165, 1.54) is 22.3 Å². The van der Waals surface area contributed by atoms with Crippen LogP contribution in [0.3, 0.4) is 0 Å². The molecule has 0 aromatic heterocycles. The van der Waals surface area contributed by atoms with Crippen molar-refractivity contribution in [3.63, 3.8) is 0 Å². The third-order valence-corrected chi connectivity index (χ3v) is 6.99. The van der Waals surface area contributed by atoms with E-state index in [0.717, 1.165) is 37.7 Å². The first-order valence-corrected chi connectivity index (χ1v) is 10.1. The lowest BCUT2D eigenvalue weighted by Crippen LogP contribution is -2.42. The van der Waals surface area contributed by atoms with Crippen molar-refractivity contribution in [2.45, 2.75) is 38.2 Å². The first-order valence-electron chi connectivity index (χ1n) is 10.1. The van der Waals surface area contributed by atoms with E-state index >= 15 is 0 Å². The van der Waals surface area contributed by atoms with E-state index in [4.69, 9.17) is 0 Å². The van der Waals surface area contributed by atoms with Gasteiger partial charge < -0.3 is 5.11 Å². The maximum absolute atomic E-state index is 11.7. The predicted molar refractivity (Wildman–Crippen MR) is 110 cm³/mol. The molecule has 1 N–H and O–H groups in total. The quantitative estimate of drug-likeness (QED) is 0.676. The van der Waals surface area contributed by atoms with Crippen LogP contribution in [-0.4, -0.2) is 5.11 Å². The van der Waals surface area contributed by atoms with Crippen molar-refractivity contribution < 1.29 is 5.11 Å². The van der Waals surface area contributed by atoms with Crippen molar-refractivity contribution in [3.8, 4) is 0 Å². The molecule has 136 valence electrons. The highest BCUT2D eigenvalue weighted by Gasteiger charge is 2.49. The van der Waals surface area contributed by atoms with Crippen LogP contribution in [0.5, 0.6) is 0 Å². The molecule has 2 atom stereocenters. The smallest absolute Gasteiger partial charge is 0.0855 e. The predicted octanol–water partition coefficient (Wildman–Crippen LogP) is 5.31. The fourth-order valence-electron chi connectivity index (χ4n) is 5.54. The van der Waals surface area contributed by atoms with E-state index in [2.05, 4.69) is 78.9 Å². The zero-order valence-electron chi connectivity index (χ0n) is 15.6. The van der Waals surface area contributed by atoms with E-state index in [1.807, 2.05) is 0 Å². The lowest BCUT2D eigenvalue weighted by molar-refractivity contribution is -0.0361. The number of aliphatic hydroxyl groups is 1. The Labute approximate surface area is 161 Å². The number of fused-ring (bicyclic) bond motifs is 2. The van der Waals surface area contributed by atoms with Crippen molar-refractivity contribution in [2.75, 3.05) is 0 Å². The van der Waals surface area contributed by atoms with Gasteiger partial charge in [-0.2, -0.15) is 0 Å². The van der Waals surface area contributed by atoms with Crippen LogP contribution in [0.25, 0.3) is 0 Å². The van der Waals surface area contributed by atoms with E-state index in [9.17, 15) is 5.11 Å². The van der Waals surface area contributed by atoms with Gasteiger partial charge in [-0.25, -0.2) is 0 Å². The Kier molecular flexibility index (Phi) is 4.13. The molecule has 3 aromatic rings. The molecular formula is C26H26O. The maximum Gasteiger partial charge on any atom is 0.0855 e. The van der Waals surface area contributed by atoms with Gasteiger partial charge in [0.15, 0.2) is 0 Å². The Morgan fingerprint density at radius 1 is 0.741 bits per heavy atom. The molecule has 0 saturated heterocycles. The second-order valence-corrected chi connectivity index (χ2v) is 8.37. The number of hydrogen-bond donors (Lipinski definition) is 1. The average molecular weight is 354 g/mol. The third-order valence-electron chi connectivity index (χ3n) is 6.99. The Balaban J connectivity index is 1.57. The molecular weight excluding hydrogens is 328 g/mol. The van der Waals surface area contributed by atoms with Crippen LogP contribution in [0, 0.1) is 11.3 Å². The topological polar surface area (TPSA) is 20.2 Å². The van der Waals surface area contributed by atoms with Crippen LogP contribution in [-0.2, 0) is 25.7 Å². The largest absolute Gasteiger partial charge is 0.388 e. The van der Waals surface area contributed by atoms with Crippen LogP contribution in [0.2, 0.25) is 0 Å². The molecule has 27 heavy (non-hydrogen) atoms. The van der Waals surface area contributed by atoms with E-state index in [-0.39, 0.29) is 5.41 Å². The maximum atomic E-state index is 11.7. The van der Waals surface area contributed by atoms with E-state index in [1.54, 1.807) is 0 Å². The molecule has 2 aliphatic carbocycles. The fraction of sp³-hybridized carbons (Fsp3) is 0.308. The molecule has 0 bridgehead atoms. The average Bonchev–Trinajstić information content (AvgIpc) is 3.16. The van der Waals surface area contributed by atoms with Crippen molar-refractivity contribution in [1.82, 2.24) is 0 Å². The van der Waals surface area contributed by atoms with Crippen molar-refractivity contribution in [1.29, 1.82) is 0 Å². The molecule has 0 aliphatic heterocycles. The first-order chi connectivity index (χ1) is 13.3. The summed E-state index contributed by atoms with van der Waals surface area (Å²) in [7, 11) is 0. The van der Waals surface area contributed by atoms with Gasteiger partial charge in [0.2, 0.25) is 0 Å². The summed E-state index contributed by atoms with van der Waals surface area (Å²) in [4.78, 5) is 0. The Bertz CT molecular complexity index is 920. The lowest BCUT2D eigenvalue weighted by Gasteiger charge is -2.47. The molecule has 2 unspecified atom stereocenters. The number of hydrogen-bond acceptors (Lipinski definition) is 1. The molecule has 1 nitrogen and oxygen atoms in total. The SMILES string of the molecule is OC1c2ccccc2CCC1(Cc1ccccc1)C1Cc2ccccc2C1. The zero-order valence-corrected chi connectivity index (χ0v) is 15.6. The van der Waals surface area contributed by atoms with E-state index < -0.39 is 6.10 Å². The lowest BCUT2D eigenvalue weighted by atomic mass is 9.59. The van der Waals surface area contributed by atoms with Gasteiger partial charge in [-0.1, -0.05) is 78.9 Å². The number of aryl methyl sites for hydroxylation is 1. The fourth-order valence-corrected chi connectivity index (χ4v) is 5.54. The standard InChI is InChI=1S/C26H26O/c27-25-24-13-7-6-10-20(24)14-15-26(25,18-19-8-2-1-3-9-19)23-16-21-11-4-5-12-22(21)17-23/h1-13,23,25,27H,14-18H2. The highest BCUT2D eigenvalue weighted by atomic mass is 16.3. The number of aliphatic hydroxyl groups excluding tert-OH is 1. The molecule has 2 aliphatic rings. The van der Waals surface area contributed by atoms with Gasteiger partial charge in [-0.05, 0) is 65.8 Å². The Hall–Kier alpha value is -2.38. The second kappa shape index (κ2) is 6.65. The number of benzene rings is 3. The van der Waals surface area contributed by atoms with Crippen LogP contribution in [0.15, 0.2) is 78.9 Å². The van der Waals surface area contributed by atoms with Crippen molar-refractivity contribution >= 4 is 0 Å². The summed E-state index contributed by atoms with van der Waals surface area (Å²) in [6, 6.07) is 28.1. The molecule has 0 amide bonds. The summed E-state index contributed by atoms with van der Waals surface area (Å²) in [5.74, 6) is 0.485. The molecule has 0 fully saturated rings.